The SMILES string of the molecule is CCn1cc(C(=O)O)c(=O)c2ccc(CO)nc21. The topological polar surface area (TPSA) is 92.4 Å². The summed E-state index contributed by atoms with van der Waals surface area (Å²) in [5.41, 5.74) is -0.00619. The maximum atomic E-state index is 11.9. The number of hydrogen-bond acceptors (Lipinski definition) is 4. The second-order valence-corrected chi connectivity index (χ2v) is 3.79. The molecule has 2 aromatic rings. The molecule has 0 fully saturated rings. The van der Waals surface area contributed by atoms with Gasteiger partial charge in [0.15, 0.2) is 0 Å². The van der Waals surface area contributed by atoms with Gasteiger partial charge in [0.05, 0.1) is 17.7 Å². The molecule has 0 bridgehead atoms. The number of nitrogens with zero attached hydrogens (tertiary/aromatic N) is 2. The average molecular weight is 248 g/mol. The van der Waals surface area contributed by atoms with E-state index in [1.54, 1.807) is 4.57 Å². The molecule has 0 aromatic carbocycles. The van der Waals surface area contributed by atoms with E-state index in [-0.39, 0.29) is 17.6 Å². The fourth-order valence-corrected chi connectivity index (χ4v) is 1.79. The maximum Gasteiger partial charge on any atom is 0.341 e. The van der Waals surface area contributed by atoms with Gasteiger partial charge in [0.2, 0.25) is 5.43 Å². The van der Waals surface area contributed by atoms with Crippen molar-refractivity contribution in [1.82, 2.24) is 9.55 Å². The lowest BCUT2D eigenvalue weighted by molar-refractivity contribution is 0.0695. The third kappa shape index (κ3) is 1.86. The van der Waals surface area contributed by atoms with Crippen LogP contribution in [0.4, 0.5) is 0 Å². The van der Waals surface area contributed by atoms with Crippen LogP contribution in [0.1, 0.15) is 23.0 Å². The average Bonchev–Trinajstić information content (AvgIpc) is 2.38. The van der Waals surface area contributed by atoms with Crippen molar-refractivity contribution in [2.24, 2.45) is 0 Å². The van der Waals surface area contributed by atoms with Crippen LogP contribution in [0.3, 0.4) is 0 Å². The molecule has 18 heavy (non-hydrogen) atoms. The number of carbonyl (C=O) groups is 1. The van der Waals surface area contributed by atoms with Gasteiger partial charge in [0, 0.05) is 12.7 Å². The van der Waals surface area contributed by atoms with Crippen molar-refractivity contribution in [1.29, 1.82) is 0 Å². The lowest BCUT2D eigenvalue weighted by Crippen LogP contribution is -2.19. The predicted octanol–water partition coefficient (Wildman–Crippen LogP) is 0.607. The first-order valence-corrected chi connectivity index (χ1v) is 5.45. The highest BCUT2D eigenvalue weighted by Gasteiger charge is 2.14. The summed E-state index contributed by atoms with van der Waals surface area (Å²) in [4.78, 5) is 27.1. The van der Waals surface area contributed by atoms with Crippen LogP contribution in [-0.2, 0) is 13.2 Å². The van der Waals surface area contributed by atoms with E-state index in [0.717, 1.165) is 0 Å². The lowest BCUT2D eigenvalue weighted by Gasteiger charge is -2.09. The summed E-state index contributed by atoms with van der Waals surface area (Å²) in [6.07, 6.45) is 1.28. The number of rotatable bonds is 3. The number of aliphatic hydroxyl groups excluding tert-OH is 1. The van der Waals surface area contributed by atoms with Crippen molar-refractivity contribution in [2.75, 3.05) is 0 Å². The van der Waals surface area contributed by atoms with E-state index in [1.165, 1.54) is 18.3 Å². The van der Waals surface area contributed by atoms with E-state index in [0.29, 0.717) is 17.9 Å². The van der Waals surface area contributed by atoms with Crippen molar-refractivity contribution in [2.45, 2.75) is 20.1 Å². The fourth-order valence-electron chi connectivity index (χ4n) is 1.79. The highest BCUT2D eigenvalue weighted by Crippen LogP contribution is 2.11. The zero-order valence-corrected chi connectivity index (χ0v) is 9.75. The van der Waals surface area contributed by atoms with Gasteiger partial charge in [-0.1, -0.05) is 0 Å². The summed E-state index contributed by atoms with van der Waals surface area (Å²) < 4.78 is 1.58. The van der Waals surface area contributed by atoms with Gasteiger partial charge in [0.1, 0.15) is 11.2 Å². The van der Waals surface area contributed by atoms with Gasteiger partial charge in [-0.25, -0.2) is 9.78 Å². The van der Waals surface area contributed by atoms with Crippen molar-refractivity contribution in [3.8, 4) is 0 Å². The number of aromatic carboxylic acids is 1. The highest BCUT2D eigenvalue weighted by atomic mass is 16.4. The van der Waals surface area contributed by atoms with Crippen molar-refractivity contribution in [3.05, 3.63) is 39.8 Å². The maximum absolute atomic E-state index is 11.9. The van der Waals surface area contributed by atoms with Gasteiger partial charge in [-0.05, 0) is 19.1 Å². The van der Waals surface area contributed by atoms with E-state index in [1.807, 2.05) is 6.92 Å². The Morgan fingerprint density at radius 1 is 1.44 bits per heavy atom. The van der Waals surface area contributed by atoms with Crippen molar-refractivity contribution >= 4 is 17.0 Å². The Morgan fingerprint density at radius 2 is 2.17 bits per heavy atom. The largest absolute Gasteiger partial charge is 0.477 e. The predicted molar refractivity (Wildman–Crippen MR) is 64.6 cm³/mol. The Kier molecular flexibility index (Phi) is 3.12. The first-order valence-electron chi connectivity index (χ1n) is 5.45. The molecule has 0 atom stereocenters. The van der Waals surface area contributed by atoms with Crippen LogP contribution in [0.5, 0.6) is 0 Å². The first kappa shape index (κ1) is 12.3. The summed E-state index contributed by atoms with van der Waals surface area (Å²) in [5, 5.41) is 18.2. The smallest absolute Gasteiger partial charge is 0.341 e. The van der Waals surface area contributed by atoms with Crippen molar-refractivity contribution < 1.29 is 15.0 Å². The van der Waals surface area contributed by atoms with E-state index >= 15 is 0 Å². The molecule has 0 saturated heterocycles. The normalized spacial score (nSPS) is 10.8. The number of pyridine rings is 2. The van der Waals surface area contributed by atoms with E-state index in [9.17, 15) is 9.59 Å². The number of aliphatic hydroxyl groups is 1. The molecule has 0 amide bonds. The molecular weight excluding hydrogens is 236 g/mol. The molecule has 2 heterocycles. The molecule has 0 aliphatic rings. The van der Waals surface area contributed by atoms with Crippen LogP contribution >= 0.6 is 0 Å². The molecule has 94 valence electrons. The first-order chi connectivity index (χ1) is 8.58. The molecule has 0 radical (unpaired) electrons. The summed E-state index contributed by atoms with van der Waals surface area (Å²) in [5.74, 6) is -1.25. The van der Waals surface area contributed by atoms with E-state index in [4.69, 9.17) is 10.2 Å². The molecule has 0 aliphatic carbocycles. The van der Waals surface area contributed by atoms with Gasteiger partial charge in [-0.2, -0.15) is 0 Å². The Morgan fingerprint density at radius 3 is 2.72 bits per heavy atom. The second-order valence-electron chi connectivity index (χ2n) is 3.79. The quantitative estimate of drug-likeness (QED) is 0.830. The monoisotopic (exact) mass is 248 g/mol. The van der Waals surface area contributed by atoms with Crippen LogP contribution in [0.2, 0.25) is 0 Å². The Balaban J connectivity index is 2.88. The molecule has 6 heteroatoms. The van der Waals surface area contributed by atoms with Gasteiger partial charge in [0.25, 0.3) is 0 Å². The molecular formula is C12H12N2O4. The number of aromatic nitrogens is 2. The Bertz CT molecular complexity index is 676. The van der Waals surface area contributed by atoms with Gasteiger partial charge in [-0.15, -0.1) is 0 Å². The van der Waals surface area contributed by atoms with Crippen LogP contribution in [0.15, 0.2) is 23.1 Å². The zero-order valence-electron chi connectivity index (χ0n) is 9.75. The molecule has 2 N–H and O–H groups in total. The van der Waals surface area contributed by atoms with Crippen molar-refractivity contribution in [3.63, 3.8) is 0 Å². The minimum atomic E-state index is -1.25. The molecule has 0 unspecified atom stereocenters. The van der Waals surface area contributed by atoms with Crippen LogP contribution in [-0.4, -0.2) is 25.7 Å². The van der Waals surface area contributed by atoms with Gasteiger partial charge >= 0.3 is 5.97 Å². The Labute approximate surface area is 102 Å². The molecule has 2 rings (SSSR count). The number of hydrogen-bond donors (Lipinski definition) is 2. The molecule has 0 spiro atoms. The molecule has 2 aromatic heterocycles. The number of carboxylic acid groups (broad SMARTS) is 1. The van der Waals surface area contributed by atoms with Crippen LogP contribution in [0, 0.1) is 0 Å². The van der Waals surface area contributed by atoms with E-state index in [2.05, 4.69) is 4.98 Å². The summed E-state index contributed by atoms with van der Waals surface area (Å²) in [6, 6.07) is 3.00. The van der Waals surface area contributed by atoms with Crippen LogP contribution < -0.4 is 5.43 Å². The third-order valence-electron chi connectivity index (χ3n) is 2.71. The second kappa shape index (κ2) is 4.58. The summed E-state index contributed by atoms with van der Waals surface area (Å²) >= 11 is 0. The standard InChI is InChI=1S/C12H12N2O4/c1-2-14-5-9(12(17)18)10(16)8-4-3-7(6-15)13-11(8)14/h3-5,15H,2,6H2,1H3,(H,17,18). The van der Waals surface area contributed by atoms with Gasteiger partial charge in [-0.3, -0.25) is 4.79 Å². The molecule has 0 saturated carbocycles. The number of carboxylic acids is 1. The highest BCUT2D eigenvalue weighted by molar-refractivity contribution is 5.91. The van der Waals surface area contributed by atoms with Gasteiger partial charge < -0.3 is 14.8 Å². The zero-order chi connectivity index (χ0) is 13.3. The molecule has 0 aliphatic heterocycles. The summed E-state index contributed by atoms with van der Waals surface area (Å²) in [6.45, 7) is 2.08. The van der Waals surface area contributed by atoms with E-state index < -0.39 is 11.4 Å². The molecule has 6 nitrogen and oxygen atoms in total. The number of aryl methyl sites for hydroxylation is 1. The van der Waals surface area contributed by atoms with Crippen LogP contribution in [0.25, 0.3) is 11.0 Å². The fraction of sp³-hybridized carbons (Fsp3) is 0.250. The summed E-state index contributed by atoms with van der Waals surface area (Å²) in [7, 11) is 0. The lowest BCUT2D eigenvalue weighted by atomic mass is 10.2. The minimum Gasteiger partial charge on any atom is -0.477 e. The minimum absolute atomic E-state index is 0.228. The third-order valence-corrected chi connectivity index (χ3v) is 2.71. The Hall–Kier alpha value is -2.21. The number of fused-ring (bicyclic) bond motifs is 1.